The lowest BCUT2D eigenvalue weighted by Gasteiger charge is -2.32. The molecule has 2 aliphatic rings. The third-order valence-corrected chi connectivity index (χ3v) is 8.48. The number of fused-ring (bicyclic) bond motifs is 1. The Labute approximate surface area is 248 Å². The first-order valence-corrected chi connectivity index (χ1v) is 14.6. The number of hydrogen-bond donors (Lipinski definition) is 1. The highest BCUT2D eigenvalue weighted by molar-refractivity contribution is 6.33. The van der Waals surface area contributed by atoms with Gasteiger partial charge in [-0.3, -0.25) is 0 Å². The summed E-state index contributed by atoms with van der Waals surface area (Å²) in [5.74, 6) is -1.33. The summed E-state index contributed by atoms with van der Waals surface area (Å²) in [5, 5.41) is 23.6. The van der Waals surface area contributed by atoms with Gasteiger partial charge in [-0.1, -0.05) is 54.4 Å². The maximum Gasteiger partial charge on any atom is 0.328 e. The van der Waals surface area contributed by atoms with Crippen molar-refractivity contribution in [2.45, 2.75) is 44.8 Å². The van der Waals surface area contributed by atoms with Gasteiger partial charge < -0.3 is 9.84 Å². The minimum atomic E-state index is -1.02. The number of benzene rings is 3. The highest BCUT2D eigenvalue weighted by Crippen LogP contribution is 2.47. The highest BCUT2D eigenvalue weighted by atomic mass is 35.5. The molecule has 0 radical (unpaired) electrons. The number of nitrogens with zero attached hydrogens (tertiary/aromatic N) is 3. The number of halogens is 2. The Hall–Kier alpha value is -4.25. The second-order valence-electron chi connectivity index (χ2n) is 10.8. The van der Waals surface area contributed by atoms with Gasteiger partial charge in [0.05, 0.1) is 22.5 Å². The smallest absolute Gasteiger partial charge is 0.328 e. The summed E-state index contributed by atoms with van der Waals surface area (Å²) in [6, 6.07) is 20.9. The van der Waals surface area contributed by atoms with Crippen molar-refractivity contribution in [2.75, 3.05) is 6.61 Å². The van der Waals surface area contributed by atoms with E-state index < -0.39 is 11.9 Å². The van der Waals surface area contributed by atoms with Crippen LogP contribution in [0.15, 0.2) is 66.7 Å². The predicted octanol–water partition coefficient (Wildman–Crippen LogP) is 8.26. The Morgan fingerprint density at radius 3 is 2.48 bits per heavy atom. The average molecular weight is 582 g/mol. The van der Waals surface area contributed by atoms with E-state index in [1.54, 1.807) is 22.9 Å². The lowest BCUT2D eigenvalue weighted by Crippen LogP contribution is -2.19. The van der Waals surface area contributed by atoms with Crippen molar-refractivity contribution in [2.24, 2.45) is 5.92 Å². The van der Waals surface area contributed by atoms with Gasteiger partial charge in [-0.05, 0) is 102 Å². The van der Waals surface area contributed by atoms with E-state index in [4.69, 9.17) is 21.4 Å². The number of rotatable bonds is 7. The number of hydrogen-bond acceptors (Lipinski definition) is 4. The molecule has 0 amide bonds. The predicted molar refractivity (Wildman–Crippen MR) is 161 cm³/mol. The largest absolute Gasteiger partial charge is 0.478 e. The summed E-state index contributed by atoms with van der Waals surface area (Å²) in [4.78, 5) is 11.0. The molecule has 1 N–H and O–H groups in total. The van der Waals surface area contributed by atoms with E-state index in [2.05, 4.69) is 11.2 Å². The number of ether oxygens (including phenoxy) is 1. The van der Waals surface area contributed by atoms with E-state index in [0.29, 0.717) is 28.1 Å². The van der Waals surface area contributed by atoms with E-state index in [-0.39, 0.29) is 12.1 Å². The molecular formula is C34H29ClFN3O3. The highest BCUT2D eigenvalue weighted by Gasteiger charge is 2.29. The number of aliphatic carboxylic acids is 1. The molecule has 1 aliphatic carbocycles. The molecule has 1 unspecified atom stereocenters. The van der Waals surface area contributed by atoms with Crippen LogP contribution in [0.3, 0.4) is 0 Å². The molecule has 1 saturated carbocycles. The molecule has 4 aromatic rings. The maximum atomic E-state index is 15.4. The van der Waals surface area contributed by atoms with Crippen molar-refractivity contribution in [3.05, 3.63) is 106 Å². The van der Waals surface area contributed by atoms with Gasteiger partial charge in [-0.2, -0.15) is 9.65 Å². The Morgan fingerprint density at radius 2 is 1.83 bits per heavy atom. The topological polar surface area (TPSA) is 88.1 Å². The van der Waals surface area contributed by atoms with Crippen molar-refractivity contribution in [3.63, 3.8) is 0 Å². The first kappa shape index (κ1) is 27.9. The van der Waals surface area contributed by atoms with Crippen LogP contribution in [-0.2, 0) is 9.53 Å². The van der Waals surface area contributed by atoms with E-state index in [9.17, 15) is 10.1 Å². The molecule has 6 rings (SSSR count). The number of nitriles is 1. The van der Waals surface area contributed by atoms with Crippen LogP contribution in [0, 0.1) is 23.2 Å². The third kappa shape index (κ3) is 5.48. The summed E-state index contributed by atoms with van der Waals surface area (Å²) in [5.41, 5.74) is 6.44. The number of carboxylic acid groups (broad SMARTS) is 1. The Kier molecular flexibility index (Phi) is 7.92. The van der Waals surface area contributed by atoms with Crippen LogP contribution in [0.25, 0.3) is 28.1 Å². The Bertz CT molecular complexity index is 1760. The molecule has 2 fully saturated rings. The molecule has 6 nitrogen and oxygen atoms in total. The molecule has 2 heterocycles. The van der Waals surface area contributed by atoms with Crippen LogP contribution in [0.4, 0.5) is 4.39 Å². The van der Waals surface area contributed by atoms with Crippen molar-refractivity contribution in [1.82, 2.24) is 9.78 Å². The van der Waals surface area contributed by atoms with Crippen molar-refractivity contribution in [3.8, 4) is 6.07 Å². The molecule has 1 saturated heterocycles. The normalized spacial score (nSPS) is 18.1. The fourth-order valence-corrected chi connectivity index (χ4v) is 6.14. The van der Waals surface area contributed by atoms with Gasteiger partial charge in [0.25, 0.3) is 0 Å². The second kappa shape index (κ2) is 11.9. The van der Waals surface area contributed by atoms with Crippen LogP contribution in [-0.4, -0.2) is 27.5 Å². The molecule has 0 spiro atoms. The zero-order chi connectivity index (χ0) is 29.2. The molecule has 0 bridgehead atoms. The van der Waals surface area contributed by atoms with E-state index in [1.807, 2.05) is 48.5 Å². The minimum absolute atomic E-state index is 0.232. The third-order valence-electron chi connectivity index (χ3n) is 8.17. The van der Waals surface area contributed by atoms with Gasteiger partial charge in [0.2, 0.25) is 5.95 Å². The van der Waals surface area contributed by atoms with Gasteiger partial charge >= 0.3 is 5.97 Å². The minimum Gasteiger partial charge on any atom is -0.478 e. The number of carboxylic acids is 1. The molecule has 1 atom stereocenters. The standard InChI is InChI=1S/C34H29ClFN3O3/c35-28-18-22(20-37)9-14-26(28)33(23-4-3-5-23)32(24-11-7-21(8-12-24)10-16-31(40)41)25-13-15-29-27(19-25)34(36)38-39(29)30-6-1-2-17-42-30/h7-16,18-19,23,30H,1-6,17H2,(H,40,41)/b16-10+,33-32+. The molecule has 3 aromatic carbocycles. The summed E-state index contributed by atoms with van der Waals surface area (Å²) in [6.45, 7) is 0.631. The first-order valence-electron chi connectivity index (χ1n) is 14.2. The van der Waals surface area contributed by atoms with E-state index >= 15 is 4.39 Å². The molecule has 1 aliphatic heterocycles. The van der Waals surface area contributed by atoms with Crippen LogP contribution >= 0.6 is 11.6 Å². The summed E-state index contributed by atoms with van der Waals surface area (Å²) in [7, 11) is 0. The van der Waals surface area contributed by atoms with Crippen molar-refractivity contribution >= 4 is 45.7 Å². The maximum absolute atomic E-state index is 15.4. The average Bonchev–Trinajstić information content (AvgIpc) is 3.31. The van der Waals surface area contributed by atoms with E-state index in [0.717, 1.165) is 78.0 Å². The summed E-state index contributed by atoms with van der Waals surface area (Å²) >= 11 is 6.82. The van der Waals surface area contributed by atoms with Crippen molar-refractivity contribution in [1.29, 1.82) is 5.26 Å². The van der Waals surface area contributed by atoms with Crippen LogP contribution < -0.4 is 0 Å². The van der Waals surface area contributed by atoms with Gasteiger partial charge in [0.15, 0.2) is 6.23 Å². The Morgan fingerprint density at radius 1 is 1.05 bits per heavy atom. The molecule has 212 valence electrons. The Balaban J connectivity index is 1.56. The zero-order valence-electron chi connectivity index (χ0n) is 22.9. The van der Waals surface area contributed by atoms with Crippen LogP contribution in [0.5, 0.6) is 0 Å². The van der Waals surface area contributed by atoms with E-state index in [1.165, 1.54) is 0 Å². The first-order chi connectivity index (χ1) is 20.4. The lowest BCUT2D eigenvalue weighted by molar-refractivity contribution is -0.131. The summed E-state index contributed by atoms with van der Waals surface area (Å²) < 4.78 is 23.0. The summed E-state index contributed by atoms with van der Waals surface area (Å²) in [6.07, 6.45) is 8.21. The molecular weight excluding hydrogens is 553 g/mol. The quantitative estimate of drug-likeness (QED) is 0.175. The fraction of sp³-hybridized carbons (Fsp3) is 0.265. The van der Waals surface area contributed by atoms with Crippen LogP contribution in [0.2, 0.25) is 5.02 Å². The monoisotopic (exact) mass is 581 g/mol. The van der Waals surface area contributed by atoms with Gasteiger partial charge in [0.1, 0.15) is 0 Å². The lowest BCUT2D eigenvalue weighted by atomic mass is 9.73. The van der Waals surface area contributed by atoms with Gasteiger partial charge in [-0.15, -0.1) is 5.10 Å². The van der Waals surface area contributed by atoms with Crippen LogP contribution in [0.1, 0.15) is 72.6 Å². The van der Waals surface area contributed by atoms with Gasteiger partial charge in [-0.25, -0.2) is 9.48 Å². The van der Waals surface area contributed by atoms with Crippen molar-refractivity contribution < 1.29 is 19.0 Å². The number of allylic oxidation sites excluding steroid dienone is 1. The molecule has 42 heavy (non-hydrogen) atoms. The zero-order valence-corrected chi connectivity index (χ0v) is 23.6. The molecule has 1 aromatic heterocycles. The number of carbonyl (C=O) groups is 1. The fourth-order valence-electron chi connectivity index (χ4n) is 5.86. The number of aromatic nitrogens is 2. The second-order valence-corrected chi connectivity index (χ2v) is 11.2. The van der Waals surface area contributed by atoms with Gasteiger partial charge in [0, 0.05) is 17.7 Å². The SMILES string of the molecule is N#Cc1ccc(/C(=C(\c2ccc(/C=C/C(=O)O)cc2)c2ccc3c(c2)c(F)nn3C2CCCCO2)C2CCC2)c(Cl)c1. The molecule has 8 heteroatoms.